The fourth-order valence-electron chi connectivity index (χ4n) is 2.39. The van der Waals surface area contributed by atoms with Crippen molar-refractivity contribution in [3.8, 4) is 22.7 Å². The topological polar surface area (TPSA) is 53.4 Å². The monoisotopic (exact) mass is 308 g/mol. The van der Waals surface area contributed by atoms with Crippen molar-refractivity contribution in [1.29, 1.82) is 0 Å². The highest BCUT2D eigenvalue weighted by Crippen LogP contribution is 2.29. The summed E-state index contributed by atoms with van der Waals surface area (Å²) in [5, 5.41) is 4.40. The van der Waals surface area contributed by atoms with Gasteiger partial charge in [-0.2, -0.15) is 5.10 Å². The molecule has 2 aromatic carbocycles. The number of methoxy groups -OCH3 is 2. The van der Waals surface area contributed by atoms with Crippen molar-refractivity contribution in [2.24, 2.45) is 0 Å². The van der Waals surface area contributed by atoms with E-state index in [-0.39, 0.29) is 5.69 Å². The molecule has 0 atom stereocenters. The Balaban J connectivity index is 2.22. The molecule has 1 aromatic heterocycles. The maximum atomic E-state index is 11.9. The number of esters is 1. The predicted molar refractivity (Wildman–Crippen MR) is 86.9 cm³/mol. The van der Waals surface area contributed by atoms with E-state index in [0.29, 0.717) is 5.75 Å². The first-order valence-electron chi connectivity index (χ1n) is 7.12. The lowest BCUT2D eigenvalue weighted by molar-refractivity contribution is 0.0593. The molecule has 0 unspecified atom stereocenters. The Labute approximate surface area is 134 Å². The van der Waals surface area contributed by atoms with Gasteiger partial charge < -0.3 is 9.47 Å². The smallest absolute Gasteiger partial charge is 0.358 e. The molecular formula is C18H16N2O3. The Hall–Kier alpha value is -3.08. The molecule has 0 aliphatic rings. The van der Waals surface area contributed by atoms with Crippen LogP contribution in [0.2, 0.25) is 0 Å². The van der Waals surface area contributed by atoms with Crippen LogP contribution in [-0.2, 0) is 4.74 Å². The second-order valence-electron chi connectivity index (χ2n) is 4.86. The lowest BCUT2D eigenvalue weighted by atomic mass is 10.1. The first-order valence-corrected chi connectivity index (χ1v) is 7.12. The molecule has 0 saturated carbocycles. The van der Waals surface area contributed by atoms with Crippen LogP contribution >= 0.6 is 0 Å². The molecule has 0 amide bonds. The number of hydrogen-bond acceptors (Lipinski definition) is 4. The second kappa shape index (κ2) is 6.36. The fourth-order valence-corrected chi connectivity index (χ4v) is 2.39. The van der Waals surface area contributed by atoms with E-state index in [4.69, 9.17) is 9.47 Å². The number of benzene rings is 2. The summed E-state index contributed by atoms with van der Waals surface area (Å²) in [5.74, 6) is 0.194. The van der Waals surface area contributed by atoms with Gasteiger partial charge in [0.15, 0.2) is 5.69 Å². The van der Waals surface area contributed by atoms with Crippen LogP contribution in [0, 0.1) is 0 Å². The molecule has 3 aromatic rings. The third-order valence-corrected chi connectivity index (χ3v) is 3.49. The molecule has 5 heteroatoms. The van der Waals surface area contributed by atoms with E-state index in [1.54, 1.807) is 17.9 Å². The van der Waals surface area contributed by atoms with Crippen molar-refractivity contribution in [2.45, 2.75) is 0 Å². The van der Waals surface area contributed by atoms with Crippen molar-refractivity contribution in [3.63, 3.8) is 0 Å². The van der Waals surface area contributed by atoms with Gasteiger partial charge in [-0.1, -0.05) is 42.5 Å². The third kappa shape index (κ3) is 2.81. The highest BCUT2D eigenvalue weighted by atomic mass is 16.5. The van der Waals surface area contributed by atoms with Gasteiger partial charge in [-0.05, 0) is 18.2 Å². The summed E-state index contributed by atoms with van der Waals surface area (Å²) in [5.41, 5.74) is 2.73. The fraction of sp³-hybridized carbons (Fsp3) is 0.111. The summed E-state index contributed by atoms with van der Waals surface area (Å²) in [4.78, 5) is 11.9. The zero-order valence-corrected chi connectivity index (χ0v) is 12.9. The molecule has 0 saturated heterocycles. The van der Waals surface area contributed by atoms with Gasteiger partial charge in [-0.15, -0.1) is 0 Å². The number of ether oxygens (including phenoxy) is 2. The van der Waals surface area contributed by atoms with Gasteiger partial charge in [0, 0.05) is 5.56 Å². The summed E-state index contributed by atoms with van der Waals surface area (Å²) < 4.78 is 11.9. The van der Waals surface area contributed by atoms with Gasteiger partial charge in [-0.25, -0.2) is 9.48 Å². The van der Waals surface area contributed by atoms with Crippen molar-refractivity contribution in [2.75, 3.05) is 14.2 Å². The van der Waals surface area contributed by atoms with E-state index in [9.17, 15) is 4.79 Å². The van der Waals surface area contributed by atoms with Gasteiger partial charge >= 0.3 is 5.97 Å². The Morgan fingerprint density at radius 3 is 2.39 bits per heavy atom. The maximum Gasteiger partial charge on any atom is 0.358 e. The Bertz CT molecular complexity index is 825. The highest BCUT2D eigenvalue weighted by Gasteiger charge is 2.18. The Morgan fingerprint density at radius 1 is 1.00 bits per heavy atom. The zero-order chi connectivity index (χ0) is 16.2. The molecular weight excluding hydrogens is 292 g/mol. The van der Waals surface area contributed by atoms with Crippen molar-refractivity contribution >= 4 is 5.97 Å². The average molecular weight is 308 g/mol. The summed E-state index contributed by atoms with van der Waals surface area (Å²) in [6, 6.07) is 19.0. The van der Waals surface area contributed by atoms with Crippen molar-refractivity contribution in [1.82, 2.24) is 9.78 Å². The first-order chi connectivity index (χ1) is 11.2. The average Bonchev–Trinajstić information content (AvgIpc) is 3.07. The van der Waals surface area contributed by atoms with Crippen LogP contribution in [0.25, 0.3) is 16.9 Å². The quantitative estimate of drug-likeness (QED) is 0.694. The Morgan fingerprint density at radius 2 is 1.70 bits per heavy atom. The number of hydrogen-bond donors (Lipinski definition) is 0. The van der Waals surface area contributed by atoms with E-state index in [1.165, 1.54) is 7.11 Å². The van der Waals surface area contributed by atoms with Crippen LogP contribution < -0.4 is 4.74 Å². The molecule has 3 rings (SSSR count). The molecule has 0 radical (unpaired) electrons. The zero-order valence-electron chi connectivity index (χ0n) is 12.9. The van der Waals surface area contributed by atoms with Crippen LogP contribution in [0.3, 0.4) is 0 Å². The molecule has 1 heterocycles. The third-order valence-electron chi connectivity index (χ3n) is 3.49. The number of para-hydroxylation sites is 2. The number of rotatable bonds is 4. The van der Waals surface area contributed by atoms with Crippen molar-refractivity contribution in [3.05, 3.63) is 66.4 Å². The van der Waals surface area contributed by atoms with Crippen LogP contribution in [-0.4, -0.2) is 30.0 Å². The standard InChI is InChI=1S/C18H16N2O3/c1-22-17-11-7-6-10-15(17)20-16(13-8-4-3-5-9-13)12-14(19-20)18(21)23-2/h3-12H,1-2H3. The molecule has 0 aliphatic heterocycles. The molecule has 0 bridgehead atoms. The van der Waals surface area contributed by atoms with E-state index in [2.05, 4.69) is 5.10 Å². The molecule has 0 fully saturated rings. The van der Waals surface area contributed by atoms with Crippen LogP contribution in [0.1, 0.15) is 10.5 Å². The second-order valence-corrected chi connectivity index (χ2v) is 4.86. The van der Waals surface area contributed by atoms with Gasteiger partial charge in [0.05, 0.1) is 19.9 Å². The lowest BCUT2D eigenvalue weighted by Crippen LogP contribution is -2.05. The minimum Gasteiger partial charge on any atom is -0.494 e. The molecule has 23 heavy (non-hydrogen) atoms. The largest absolute Gasteiger partial charge is 0.494 e. The Kier molecular flexibility index (Phi) is 4.10. The van der Waals surface area contributed by atoms with E-state index < -0.39 is 5.97 Å². The van der Waals surface area contributed by atoms with E-state index >= 15 is 0 Å². The summed E-state index contributed by atoms with van der Waals surface area (Å²) in [6.45, 7) is 0. The molecule has 116 valence electrons. The highest BCUT2D eigenvalue weighted by molar-refractivity contribution is 5.89. The van der Waals surface area contributed by atoms with Gasteiger partial charge in [0.1, 0.15) is 11.4 Å². The summed E-state index contributed by atoms with van der Waals surface area (Å²) >= 11 is 0. The van der Waals surface area contributed by atoms with Crippen LogP contribution in [0.4, 0.5) is 0 Å². The number of nitrogens with zero attached hydrogens (tertiary/aromatic N) is 2. The van der Waals surface area contributed by atoms with Gasteiger partial charge in [-0.3, -0.25) is 0 Å². The van der Waals surface area contributed by atoms with Gasteiger partial charge in [0.25, 0.3) is 0 Å². The summed E-state index contributed by atoms with van der Waals surface area (Å²) in [6.07, 6.45) is 0. The van der Waals surface area contributed by atoms with Crippen molar-refractivity contribution < 1.29 is 14.3 Å². The number of carbonyl (C=O) groups is 1. The van der Waals surface area contributed by atoms with Crippen LogP contribution in [0.5, 0.6) is 5.75 Å². The predicted octanol–water partition coefficient (Wildman–Crippen LogP) is 3.33. The minimum absolute atomic E-state index is 0.247. The molecule has 0 spiro atoms. The maximum absolute atomic E-state index is 11.9. The SMILES string of the molecule is COC(=O)c1cc(-c2ccccc2)n(-c2ccccc2OC)n1. The summed E-state index contributed by atoms with van der Waals surface area (Å²) in [7, 11) is 2.94. The first kappa shape index (κ1) is 14.8. The molecule has 5 nitrogen and oxygen atoms in total. The number of aromatic nitrogens is 2. The number of carbonyl (C=O) groups excluding carboxylic acids is 1. The molecule has 0 aliphatic carbocycles. The molecule has 0 N–H and O–H groups in total. The van der Waals surface area contributed by atoms with E-state index in [0.717, 1.165) is 16.9 Å². The minimum atomic E-state index is -0.476. The normalized spacial score (nSPS) is 10.3. The van der Waals surface area contributed by atoms with Crippen LogP contribution in [0.15, 0.2) is 60.7 Å². The van der Waals surface area contributed by atoms with E-state index in [1.807, 2.05) is 54.6 Å². The lowest BCUT2D eigenvalue weighted by Gasteiger charge is -2.11. The van der Waals surface area contributed by atoms with Gasteiger partial charge in [0.2, 0.25) is 0 Å².